The highest BCUT2D eigenvalue weighted by atomic mass is 32.2. The smallest absolute Gasteiger partial charge is 0.248 e. The number of rotatable bonds is 9. The van der Waals surface area contributed by atoms with Gasteiger partial charge in [-0.25, -0.2) is 0 Å². The van der Waals surface area contributed by atoms with Crippen LogP contribution in [0.5, 0.6) is 0 Å². The fraction of sp³-hybridized carbons (Fsp3) is 0.353. The van der Waals surface area contributed by atoms with E-state index in [0.717, 1.165) is 36.6 Å². The molecular formula is C34H40N6OS. The van der Waals surface area contributed by atoms with Crippen LogP contribution in [0.15, 0.2) is 83.9 Å². The minimum absolute atomic E-state index is 0.0145. The van der Waals surface area contributed by atoms with Crippen LogP contribution in [0, 0.1) is 6.92 Å². The molecule has 2 aliphatic rings. The molecule has 218 valence electrons. The summed E-state index contributed by atoms with van der Waals surface area (Å²) in [5, 5.41) is 14.2. The van der Waals surface area contributed by atoms with Gasteiger partial charge in [-0.3, -0.25) is 14.4 Å². The molecule has 1 saturated heterocycles. The molecule has 0 spiro atoms. The van der Waals surface area contributed by atoms with Gasteiger partial charge < -0.3 is 9.62 Å². The summed E-state index contributed by atoms with van der Waals surface area (Å²) in [7, 11) is -0.412. The van der Waals surface area contributed by atoms with Gasteiger partial charge in [0, 0.05) is 30.6 Å². The van der Waals surface area contributed by atoms with Gasteiger partial charge in [-0.15, -0.1) is 5.10 Å². The number of para-hydroxylation sites is 2. The van der Waals surface area contributed by atoms with Gasteiger partial charge in [-0.05, 0) is 87.0 Å². The Bertz CT molecular complexity index is 1540. The number of carbonyl (C=O) groups excluding carboxylic acids is 1. The average Bonchev–Trinajstić information content (AvgIpc) is 3.47. The van der Waals surface area contributed by atoms with Crippen molar-refractivity contribution in [2.45, 2.75) is 70.0 Å². The van der Waals surface area contributed by atoms with E-state index in [9.17, 15) is 4.79 Å². The maximum Gasteiger partial charge on any atom is 0.248 e. The third kappa shape index (κ3) is 6.50. The molecule has 3 heterocycles. The first-order valence-electron chi connectivity index (χ1n) is 15.0. The lowest BCUT2D eigenvalue weighted by atomic mass is 10.1. The zero-order valence-corrected chi connectivity index (χ0v) is 25.4. The largest absolute Gasteiger partial charge is 0.322 e. The molecule has 6 rings (SSSR count). The van der Waals surface area contributed by atoms with Crippen LogP contribution >= 0.6 is 10.7 Å². The topological polar surface area (TPSA) is 66.3 Å². The number of nitrogens with zero attached hydrogens (tertiary/aromatic N) is 5. The molecule has 0 saturated carbocycles. The number of anilines is 2. The number of piperidine rings is 1. The van der Waals surface area contributed by atoms with Gasteiger partial charge >= 0.3 is 0 Å². The Kier molecular flexibility index (Phi) is 8.81. The van der Waals surface area contributed by atoms with Crippen molar-refractivity contribution in [3.05, 3.63) is 101 Å². The summed E-state index contributed by atoms with van der Waals surface area (Å²) in [6.45, 7) is 8.40. The van der Waals surface area contributed by atoms with Crippen molar-refractivity contribution in [2.75, 3.05) is 22.7 Å². The number of aryl methyl sites for hydroxylation is 3. The molecule has 8 heteroatoms. The molecule has 1 aromatic heterocycles. The molecule has 1 fully saturated rings. The maximum absolute atomic E-state index is 13.5. The summed E-state index contributed by atoms with van der Waals surface area (Å²) in [4.78, 5) is 17.3. The van der Waals surface area contributed by atoms with Crippen molar-refractivity contribution < 1.29 is 4.79 Å². The number of hydrogen-bond acceptors (Lipinski definition) is 5. The van der Waals surface area contributed by atoms with Gasteiger partial charge in [-0.2, -0.15) is 0 Å². The number of amides is 1. The molecule has 0 radical (unpaired) electrons. The minimum atomic E-state index is -0.412. The van der Waals surface area contributed by atoms with Crippen molar-refractivity contribution in [3.63, 3.8) is 0 Å². The molecule has 4 aromatic rings. The summed E-state index contributed by atoms with van der Waals surface area (Å²) in [5.74, 6) is -0.0145. The number of aromatic nitrogens is 3. The Morgan fingerprint density at radius 2 is 1.69 bits per heavy atom. The Morgan fingerprint density at radius 1 is 0.952 bits per heavy atom. The number of benzene rings is 3. The Labute approximate surface area is 251 Å². The Morgan fingerprint density at radius 3 is 2.45 bits per heavy atom. The second-order valence-electron chi connectivity index (χ2n) is 11.3. The van der Waals surface area contributed by atoms with Gasteiger partial charge in [0.15, 0.2) is 0 Å². The van der Waals surface area contributed by atoms with Crippen molar-refractivity contribution in [2.24, 2.45) is 0 Å². The summed E-state index contributed by atoms with van der Waals surface area (Å²) in [6, 6.07) is 25.3. The van der Waals surface area contributed by atoms with Gasteiger partial charge in [0.2, 0.25) is 5.91 Å². The van der Waals surface area contributed by atoms with E-state index in [1.807, 2.05) is 29.1 Å². The van der Waals surface area contributed by atoms with E-state index in [1.165, 1.54) is 53.9 Å². The van der Waals surface area contributed by atoms with E-state index < -0.39 is 16.7 Å². The lowest BCUT2D eigenvalue weighted by molar-refractivity contribution is -0.117. The SMILES string of the molecule is C/C=S(\c1ccc(C)cc1)N1c2ccccc2NC(=O)[C@H]1Cc1cn(CCc2ccc(CN3CCCCC3)cc2)nn1. The number of nitrogens with one attached hydrogen (secondary N) is 1. The molecular weight excluding hydrogens is 540 g/mol. The second-order valence-corrected chi connectivity index (χ2v) is 13.3. The number of fused-ring (bicyclic) bond motifs is 1. The first-order chi connectivity index (χ1) is 20.6. The summed E-state index contributed by atoms with van der Waals surface area (Å²) in [5.41, 5.74) is 6.59. The predicted octanol–water partition coefficient (Wildman–Crippen LogP) is 6.25. The molecule has 42 heavy (non-hydrogen) atoms. The average molecular weight is 581 g/mol. The van der Waals surface area contributed by atoms with E-state index in [0.29, 0.717) is 6.42 Å². The minimum Gasteiger partial charge on any atom is -0.322 e. The monoisotopic (exact) mass is 580 g/mol. The molecule has 1 unspecified atom stereocenters. The molecule has 7 nitrogen and oxygen atoms in total. The zero-order valence-electron chi connectivity index (χ0n) is 24.6. The van der Waals surface area contributed by atoms with Gasteiger partial charge in [-0.1, -0.05) is 76.4 Å². The van der Waals surface area contributed by atoms with Gasteiger partial charge in [0.05, 0.1) is 17.1 Å². The van der Waals surface area contributed by atoms with Crippen LogP contribution in [-0.4, -0.2) is 50.3 Å². The molecule has 1 amide bonds. The van der Waals surface area contributed by atoms with Crippen LogP contribution in [0.1, 0.15) is 48.6 Å². The van der Waals surface area contributed by atoms with Crippen LogP contribution in [-0.2, 0) is 30.7 Å². The van der Waals surface area contributed by atoms with Crippen LogP contribution < -0.4 is 9.62 Å². The first kappa shape index (κ1) is 28.4. The first-order valence-corrected chi connectivity index (χ1v) is 16.3. The number of carbonyl (C=O) groups is 1. The summed E-state index contributed by atoms with van der Waals surface area (Å²) >= 11 is 0. The Hall–Kier alpha value is -3.75. The van der Waals surface area contributed by atoms with E-state index in [-0.39, 0.29) is 5.91 Å². The zero-order chi connectivity index (χ0) is 28.9. The van der Waals surface area contributed by atoms with E-state index in [4.69, 9.17) is 0 Å². The third-order valence-corrected chi connectivity index (χ3v) is 10.3. The fourth-order valence-electron chi connectivity index (χ4n) is 5.89. The molecule has 0 bridgehead atoms. The van der Waals surface area contributed by atoms with Crippen molar-refractivity contribution >= 4 is 33.3 Å². The van der Waals surface area contributed by atoms with Gasteiger partial charge in [0.25, 0.3) is 0 Å². The van der Waals surface area contributed by atoms with Crippen molar-refractivity contribution in [1.82, 2.24) is 19.9 Å². The molecule has 3 aromatic carbocycles. The molecule has 2 atom stereocenters. The van der Waals surface area contributed by atoms with Crippen molar-refractivity contribution in [1.29, 1.82) is 0 Å². The van der Waals surface area contributed by atoms with Crippen LogP contribution in [0.4, 0.5) is 11.4 Å². The Balaban J connectivity index is 1.15. The lowest BCUT2D eigenvalue weighted by Crippen LogP contribution is -2.47. The summed E-state index contributed by atoms with van der Waals surface area (Å²) in [6.07, 6.45) is 7.37. The van der Waals surface area contributed by atoms with Crippen LogP contribution in [0.3, 0.4) is 0 Å². The fourth-order valence-corrected chi connectivity index (χ4v) is 7.85. The summed E-state index contributed by atoms with van der Waals surface area (Å²) < 4.78 is 4.17. The highest BCUT2D eigenvalue weighted by Crippen LogP contribution is 2.43. The standard InChI is InChI=1S/C34H40N6OS/c1-3-42(30-17-11-26(2)12-18-30)40-32-10-6-5-9-31(32)35-34(41)33(40)23-29-25-39(37-36-29)22-19-27-13-15-28(16-14-27)24-38-20-7-4-8-21-38/h3,5-6,9-18,25,33H,4,7-8,19-24H2,1-2H3,(H,35,41)/t33-,42?/m1/s1. The van der Waals surface area contributed by atoms with Crippen LogP contribution in [0.2, 0.25) is 0 Å². The molecule has 0 aliphatic carbocycles. The van der Waals surface area contributed by atoms with E-state index in [2.05, 4.69) is 98.6 Å². The maximum atomic E-state index is 13.5. The van der Waals surface area contributed by atoms with E-state index in [1.54, 1.807) is 0 Å². The van der Waals surface area contributed by atoms with Crippen LogP contribution in [0.25, 0.3) is 0 Å². The molecule has 2 aliphatic heterocycles. The molecule has 1 N–H and O–H groups in total. The normalized spacial score (nSPS) is 18.1. The lowest BCUT2D eigenvalue weighted by Gasteiger charge is -2.39. The van der Waals surface area contributed by atoms with Crippen molar-refractivity contribution in [3.8, 4) is 0 Å². The number of likely N-dealkylation sites (tertiary alicyclic amines) is 1. The third-order valence-electron chi connectivity index (χ3n) is 8.18. The number of hydrogen-bond donors (Lipinski definition) is 1. The predicted molar refractivity (Wildman–Crippen MR) is 173 cm³/mol. The van der Waals surface area contributed by atoms with E-state index >= 15 is 0 Å². The quantitative estimate of drug-likeness (QED) is 0.237. The highest BCUT2D eigenvalue weighted by molar-refractivity contribution is 8.16. The second kappa shape index (κ2) is 13.0. The highest BCUT2D eigenvalue weighted by Gasteiger charge is 2.35. The van der Waals surface area contributed by atoms with Gasteiger partial charge in [0.1, 0.15) is 6.04 Å².